The van der Waals surface area contributed by atoms with Crippen molar-refractivity contribution in [1.82, 2.24) is 10.2 Å². The average Bonchev–Trinajstić information content (AvgIpc) is 3.11. The maximum absolute atomic E-state index is 14.9. The van der Waals surface area contributed by atoms with E-state index in [0.717, 1.165) is 0 Å². The Hall–Kier alpha value is -2.27. The first-order chi connectivity index (χ1) is 15.1. The van der Waals surface area contributed by atoms with Gasteiger partial charge in [-0.3, -0.25) is 4.90 Å². The molecule has 8 nitrogen and oxygen atoms in total. The standard InChI is InChI=1S/C21H29FN4O4S2/c1-21(2,3)30-19(27)25-9-7-24(8-10-25)17-6-5-14(11-16(17)22)26-13-15(29-20(26)28)12-23-18(31)32-4/h5-6,11,15H,7-10,12-13H2,1-4H3,(H,23,31)/t15-/m1/s1. The Labute approximate surface area is 197 Å². The molecule has 0 spiro atoms. The molecule has 0 unspecified atom stereocenters. The number of amides is 2. The zero-order chi connectivity index (χ0) is 23.5. The third-order valence-corrected chi connectivity index (χ3v) is 6.21. The van der Waals surface area contributed by atoms with Crippen molar-refractivity contribution in [3.63, 3.8) is 0 Å². The normalized spacial score (nSPS) is 19.1. The highest BCUT2D eigenvalue weighted by atomic mass is 32.2. The van der Waals surface area contributed by atoms with Crippen LogP contribution in [0.25, 0.3) is 0 Å². The molecule has 11 heteroatoms. The van der Waals surface area contributed by atoms with Crippen molar-refractivity contribution in [3.8, 4) is 0 Å². The van der Waals surface area contributed by atoms with E-state index in [4.69, 9.17) is 21.7 Å². The number of nitrogens with one attached hydrogen (secondary N) is 1. The Kier molecular flexibility index (Phi) is 7.71. The summed E-state index contributed by atoms with van der Waals surface area (Å²) < 4.78 is 26.3. The van der Waals surface area contributed by atoms with Gasteiger partial charge in [0.05, 0.1) is 24.5 Å². The van der Waals surface area contributed by atoms with Crippen LogP contribution in [0.15, 0.2) is 18.2 Å². The summed E-state index contributed by atoms with van der Waals surface area (Å²) in [7, 11) is 0. The van der Waals surface area contributed by atoms with Crippen LogP contribution < -0.4 is 15.1 Å². The molecule has 2 amide bonds. The molecule has 0 radical (unpaired) electrons. The fourth-order valence-electron chi connectivity index (χ4n) is 3.48. The number of rotatable bonds is 4. The Balaban J connectivity index is 1.58. The van der Waals surface area contributed by atoms with Gasteiger partial charge in [-0.15, -0.1) is 11.8 Å². The largest absolute Gasteiger partial charge is 0.444 e. The first-order valence-electron chi connectivity index (χ1n) is 10.4. The van der Waals surface area contributed by atoms with Crippen LogP contribution in [-0.4, -0.2) is 78.6 Å². The third-order valence-electron chi connectivity index (χ3n) is 5.05. The molecule has 176 valence electrons. The number of piperazine rings is 1. The minimum Gasteiger partial charge on any atom is -0.444 e. The molecule has 3 rings (SSSR count). The van der Waals surface area contributed by atoms with Crippen molar-refractivity contribution >= 4 is 51.9 Å². The van der Waals surface area contributed by atoms with Gasteiger partial charge in [0, 0.05) is 26.2 Å². The van der Waals surface area contributed by atoms with Crippen LogP contribution in [0.5, 0.6) is 0 Å². The van der Waals surface area contributed by atoms with Gasteiger partial charge in [0.15, 0.2) is 0 Å². The molecule has 0 aliphatic carbocycles. The second kappa shape index (κ2) is 10.1. The molecule has 0 saturated carbocycles. The van der Waals surface area contributed by atoms with Crippen molar-refractivity contribution in [2.75, 3.05) is 55.3 Å². The lowest BCUT2D eigenvalue weighted by Crippen LogP contribution is -2.50. The highest BCUT2D eigenvalue weighted by Gasteiger charge is 2.33. The number of cyclic esters (lactones) is 1. The summed E-state index contributed by atoms with van der Waals surface area (Å²) in [4.78, 5) is 29.4. The van der Waals surface area contributed by atoms with Gasteiger partial charge in [0.2, 0.25) is 0 Å². The summed E-state index contributed by atoms with van der Waals surface area (Å²) >= 11 is 6.51. The zero-order valence-electron chi connectivity index (χ0n) is 18.7. The fraction of sp³-hybridized carbons (Fsp3) is 0.571. The quantitative estimate of drug-likeness (QED) is 0.652. The van der Waals surface area contributed by atoms with E-state index >= 15 is 0 Å². The summed E-state index contributed by atoms with van der Waals surface area (Å²) in [6.07, 6.45) is 0.633. The van der Waals surface area contributed by atoms with Gasteiger partial charge in [-0.25, -0.2) is 14.0 Å². The molecule has 0 bridgehead atoms. The van der Waals surface area contributed by atoms with Gasteiger partial charge >= 0.3 is 12.2 Å². The predicted octanol–water partition coefficient (Wildman–Crippen LogP) is 3.45. The van der Waals surface area contributed by atoms with E-state index in [1.165, 1.54) is 22.7 Å². The summed E-state index contributed by atoms with van der Waals surface area (Å²) in [5.74, 6) is -0.425. The molecule has 2 aliphatic heterocycles. The average molecular weight is 485 g/mol. The number of carbonyl (C=O) groups excluding carboxylic acids is 2. The summed E-state index contributed by atoms with van der Waals surface area (Å²) in [5.41, 5.74) is 0.329. The molecule has 2 fully saturated rings. The maximum Gasteiger partial charge on any atom is 0.414 e. The SMILES string of the molecule is CSC(=S)NC[C@@H]1CN(c2ccc(N3CCN(C(=O)OC(C)(C)C)CC3)c(F)c2)C(=O)O1. The number of hydrogen-bond acceptors (Lipinski definition) is 7. The lowest BCUT2D eigenvalue weighted by Gasteiger charge is -2.37. The van der Waals surface area contributed by atoms with Crippen LogP contribution in [0, 0.1) is 5.82 Å². The second-order valence-corrected chi connectivity index (χ2v) is 10.1. The van der Waals surface area contributed by atoms with E-state index in [9.17, 15) is 14.0 Å². The van der Waals surface area contributed by atoms with Gasteiger partial charge in [-0.1, -0.05) is 12.2 Å². The number of thioether (sulfide) groups is 1. The van der Waals surface area contributed by atoms with Gasteiger partial charge in [0.25, 0.3) is 0 Å². The summed E-state index contributed by atoms with van der Waals surface area (Å²) in [6, 6.07) is 4.72. The molecule has 1 aromatic carbocycles. The molecular weight excluding hydrogens is 455 g/mol. The third kappa shape index (κ3) is 6.16. The minimum atomic E-state index is -0.553. The summed E-state index contributed by atoms with van der Waals surface area (Å²) in [6.45, 7) is 8.07. The van der Waals surface area contributed by atoms with E-state index in [1.807, 2.05) is 31.9 Å². The van der Waals surface area contributed by atoms with E-state index in [-0.39, 0.29) is 12.2 Å². The number of nitrogens with zero attached hydrogens (tertiary/aromatic N) is 3. The van der Waals surface area contributed by atoms with E-state index in [1.54, 1.807) is 17.0 Å². The van der Waals surface area contributed by atoms with Gasteiger partial charge in [0.1, 0.15) is 21.8 Å². The fourth-order valence-corrected chi connectivity index (χ4v) is 3.80. The first-order valence-corrected chi connectivity index (χ1v) is 12.0. The molecular formula is C21H29FN4O4S2. The van der Waals surface area contributed by atoms with Crippen LogP contribution in [-0.2, 0) is 9.47 Å². The second-order valence-electron chi connectivity index (χ2n) is 8.58. The van der Waals surface area contributed by atoms with Crippen molar-refractivity contribution in [1.29, 1.82) is 0 Å². The molecule has 2 aliphatic rings. The van der Waals surface area contributed by atoms with E-state index < -0.39 is 17.5 Å². The van der Waals surface area contributed by atoms with Gasteiger partial charge in [-0.2, -0.15) is 0 Å². The first kappa shape index (κ1) is 24.4. The number of ether oxygens (including phenoxy) is 2. The number of anilines is 2. The van der Waals surface area contributed by atoms with Crippen molar-refractivity contribution in [2.24, 2.45) is 0 Å². The smallest absolute Gasteiger partial charge is 0.414 e. The van der Waals surface area contributed by atoms with Crippen LogP contribution in [0.3, 0.4) is 0 Å². The minimum absolute atomic E-state index is 0.316. The molecule has 1 atom stereocenters. The zero-order valence-corrected chi connectivity index (χ0v) is 20.4. The molecule has 2 saturated heterocycles. The van der Waals surface area contributed by atoms with Crippen LogP contribution in [0.4, 0.5) is 25.4 Å². The van der Waals surface area contributed by atoms with Gasteiger partial charge in [-0.05, 0) is 45.2 Å². The highest BCUT2D eigenvalue weighted by molar-refractivity contribution is 8.22. The Bertz CT molecular complexity index is 872. The van der Waals surface area contributed by atoms with Crippen molar-refractivity contribution < 1.29 is 23.5 Å². The Morgan fingerprint density at radius 3 is 2.59 bits per heavy atom. The molecule has 1 N–H and O–H groups in total. The monoisotopic (exact) mass is 484 g/mol. The lowest BCUT2D eigenvalue weighted by molar-refractivity contribution is 0.0240. The van der Waals surface area contributed by atoms with Crippen LogP contribution >= 0.6 is 24.0 Å². The van der Waals surface area contributed by atoms with Crippen molar-refractivity contribution in [3.05, 3.63) is 24.0 Å². The van der Waals surface area contributed by atoms with Crippen molar-refractivity contribution in [2.45, 2.75) is 32.5 Å². The van der Waals surface area contributed by atoms with Gasteiger partial charge < -0.3 is 24.6 Å². The number of thiocarbonyl (C=S) groups is 1. The highest BCUT2D eigenvalue weighted by Crippen LogP contribution is 2.28. The van der Waals surface area contributed by atoms with Crippen LogP contribution in [0.1, 0.15) is 20.8 Å². The summed E-state index contributed by atoms with van der Waals surface area (Å²) in [5, 5.41) is 3.03. The Morgan fingerprint density at radius 2 is 2.00 bits per heavy atom. The number of carbonyl (C=O) groups is 2. The van der Waals surface area contributed by atoms with Crippen LogP contribution in [0.2, 0.25) is 0 Å². The predicted molar refractivity (Wildman–Crippen MR) is 128 cm³/mol. The topological polar surface area (TPSA) is 74.4 Å². The Morgan fingerprint density at radius 1 is 1.31 bits per heavy atom. The molecule has 2 heterocycles. The lowest BCUT2D eigenvalue weighted by atomic mass is 10.2. The number of hydrogen-bond donors (Lipinski definition) is 1. The van der Waals surface area contributed by atoms with E-state index in [0.29, 0.717) is 55.0 Å². The molecule has 0 aromatic heterocycles. The molecule has 1 aromatic rings. The number of halogens is 1. The number of benzene rings is 1. The maximum atomic E-state index is 14.9. The molecule has 32 heavy (non-hydrogen) atoms. The van der Waals surface area contributed by atoms with E-state index in [2.05, 4.69) is 5.32 Å².